The average Bonchev–Trinajstić information content (AvgIpc) is 3.29. The summed E-state index contributed by atoms with van der Waals surface area (Å²) in [4.78, 5) is 24.5. The Labute approximate surface area is 125 Å². The molecule has 2 rings (SSSR count). The van der Waals surface area contributed by atoms with E-state index in [-0.39, 0.29) is 12.3 Å². The van der Waals surface area contributed by atoms with Crippen molar-refractivity contribution in [1.82, 2.24) is 10.2 Å². The Morgan fingerprint density at radius 1 is 1.24 bits per heavy atom. The van der Waals surface area contributed by atoms with Crippen LogP contribution < -0.4 is 5.32 Å². The molecular weight excluding hydrogens is 268 g/mol. The lowest BCUT2D eigenvalue weighted by atomic mass is 10.1. The minimum absolute atomic E-state index is 0.0248. The molecule has 2 N–H and O–H groups in total. The topological polar surface area (TPSA) is 69.6 Å². The molecule has 1 fully saturated rings. The van der Waals surface area contributed by atoms with Crippen molar-refractivity contribution >= 4 is 11.9 Å². The van der Waals surface area contributed by atoms with E-state index in [0.29, 0.717) is 25.7 Å². The second kappa shape index (κ2) is 7.78. The van der Waals surface area contributed by atoms with E-state index in [1.807, 2.05) is 35.2 Å². The molecule has 5 nitrogen and oxygen atoms in total. The van der Waals surface area contributed by atoms with Crippen LogP contribution >= 0.6 is 0 Å². The highest BCUT2D eigenvalue weighted by atomic mass is 16.4. The van der Waals surface area contributed by atoms with Gasteiger partial charge in [-0.15, -0.1) is 0 Å². The van der Waals surface area contributed by atoms with Gasteiger partial charge >= 0.3 is 5.97 Å². The second-order valence-electron chi connectivity index (χ2n) is 5.43. The van der Waals surface area contributed by atoms with Crippen LogP contribution in [0.4, 0.5) is 0 Å². The average molecular weight is 290 g/mol. The molecule has 0 heterocycles. The van der Waals surface area contributed by atoms with Crippen LogP contribution in [0.3, 0.4) is 0 Å². The van der Waals surface area contributed by atoms with Crippen molar-refractivity contribution in [1.29, 1.82) is 0 Å². The summed E-state index contributed by atoms with van der Waals surface area (Å²) >= 11 is 0. The zero-order chi connectivity index (χ0) is 15.1. The number of hydrogen-bond donors (Lipinski definition) is 2. The number of carbonyl (C=O) groups is 2. The maximum atomic E-state index is 11.9. The van der Waals surface area contributed by atoms with Crippen LogP contribution in [-0.2, 0) is 16.0 Å². The van der Waals surface area contributed by atoms with Gasteiger partial charge in [-0.3, -0.25) is 14.5 Å². The molecule has 0 aliphatic heterocycles. The van der Waals surface area contributed by atoms with Crippen molar-refractivity contribution in [2.45, 2.75) is 31.7 Å². The molecule has 0 aromatic heterocycles. The SMILES string of the molecule is O=C(O)CCN(CC(=O)NCCc1ccccc1)C1CC1. The van der Waals surface area contributed by atoms with Crippen LogP contribution in [0.15, 0.2) is 30.3 Å². The van der Waals surface area contributed by atoms with E-state index in [1.54, 1.807) is 0 Å². The van der Waals surface area contributed by atoms with Crippen LogP contribution in [0.1, 0.15) is 24.8 Å². The van der Waals surface area contributed by atoms with Crippen molar-refractivity contribution in [2.24, 2.45) is 0 Å². The van der Waals surface area contributed by atoms with Gasteiger partial charge in [-0.05, 0) is 24.8 Å². The first-order chi connectivity index (χ1) is 10.1. The zero-order valence-corrected chi connectivity index (χ0v) is 12.1. The molecule has 0 unspecified atom stereocenters. The molecule has 1 aliphatic carbocycles. The highest BCUT2D eigenvalue weighted by Crippen LogP contribution is 2.26. The molecule has 1 saturated carbocycles. The van der Waals surface area contributed by atoms with Gasteiger partial charge in [-0.25, -0.2) is 0 Å². The molecule has 0 atom stereocenters. The van der Waals surface area contributed by atoms with E-state index < -0.39 is 5.97 Å². The van der Waals surface area contributed by atoms with Gasteiger partial charge in [-0.1, -0.05) is 30.3 Å². The van der Waals surface area contributed by atoms with E-state index in [9.17, 15) is 9.59 Å². The third-order valence-electron chi connectivity index (χ3n) is 3.60. The normalized spacial score (nSPS) is 14.1. The maximum Gasteiger partial charge on any atom is 0.304 e. The van der Waals surface area contributed by atoms with Crippen molar-refractivity contribution in [3.63, 3.8) is 0 Å². The summed E-state index contributed by atoms with van der Waals surface area (Å²) in [6.45, 7) is 1.36. The Morgan fingerprint density at radius 2 is 1.95 bits per heavy atom. The summed E-state index contributed by atoms with van der Waals surface area (Å²) in [7, 11) is 0. The molecule has 0 spiro atoms. The van der Waals surface area contributed by atoms with Gasteiger partial charge in [0.1, 0.15) is 0 Å². The van der Waals surface area contributed by atoms with E-state index in [2.05, 4.69) is 5.32 Å². The number of carboxylic acids is 1. The van der Waals surface area contributed by atoms with Gasteiger partial charge in [0.15, 0.2) is 0 Å². The van der Waals surface area contributed by atoms with Crippen LogP contribution in [-0.4, -0.2) is 47.6 Å². The molecule has 1 aromatic rings. The zero-order valence-electron chi connectivity index (χ0n) is 12.1. The van der Waals surface area contributed by atoms with Gasteiger partial charge < -0.3 is 10.4 Å². The second-order valence-corrected chi connectivity index (χ2v) is 5.43. The van der Waals surface area contributed by atoms with Gasteiger partial charge in [0.2, 0.25) is 5.91 Å². The first kappa shape index (κ1) is 15.5. The van der Waals surface area contributed by atoms with Crippen molar-refractivity contribution in [2.75, 3.05) is 19.6 Å². The molecule has 1 amide bonds. The summed E-state index contributed by atoms with van der Waals surface area (Å²) in [5.41, 5.74) is 1.20. The van der Waals surface area contributed by atoms with Gasteiger partial charge in [0.05, 0.1) is 13.0 Å². The quantitative estimate of drug-likeness (QED) is 0.719. The number of hydrogen-bond acceptors (Lipinski definition) is 3. The number of rotatable bonds is 9. The predicted molar refractivity (Wildman–Crippen MR) is 80.0 cm³/mol. The molecule has 0 saturated heterocycles. The highest BCUT2D eigenvalue weighted by Gasteiger charge is 2.30. The largest absolute Gasteiger partial charge is 0.481 e. The molecule has 0 bridgehead atoms. The first-order valence-electron chi connectivity index (χ1n) is 7.41. The third kappa shape index (κ3) is 5.95. The van der Waals surface area contributed by atoms with Crippen LogP contribution in [0, 0.1) is 0 Å². The number of amides is 1. The minimum Gasteiger partial charge on any atom is -0.481 e. The lowest BCUT2D eigenvalue weighted by Gasteiger charge is -2.20. The Bertz CT molecular complexity index is 472. The van der Waals surface area contributed by atoms with E-state index >= 15 is 0 Å². The van der Waals surface area contributed by atoms with Gasteiger partial charge in [0.25, 0.3) is 0 Å². The number of aliphatic carboxylic acids is 1. The third-order valence-corrected chi connectivity index (χ3v) is 3.60. The standard InChI is InChI=1S/C16H22N2O3/c19-15(17-10-8-13-4-2-1-3-5-13)12-18(14-6-7-14)11-9-16(20)21/h1-5,14H,6-12H2,(H,17,19)(H,20,21). The van der Waals surface area contributed by atoms with Gasteiger partial charge in [-0.2, -0.15) is 0 Å². The lowest BCUT2D eigenvalue weighted by molar-refractivity contribution is -0.137. The summed E-state index contributed by atoms with van der Waals surface area (Å²) < 4.78 is 0. The fourth-order valence-corrected chi connectivity index (χ4v) is 2.30. The summed E-state index contributed by atoms with van der Waals surface area (Å²) in [6, 6.07) is 10.4. The molecule has 0 radical (unpaired) electrons. The highest BCUT2D eigenvalue weighted by molar-refractivity contribution is 5.78. The van der Waals surface area contributed by atoms with E-state index in [0.717, 1.165) is 19.3 Å². The summed E-state index contributed by atoms with van der Waals surface area (Å²) in [5.74, 6) is -0.839. The van der Waals surface area contributed by atoms with E-state index in [1.165, 1.54) is 5.56 Å². The smallest absolute Gasteiger partial charge is 0.304 e. The molecule has 1 aliphatic rings. The molecule has 5 heteroatoms. The lowest BCUT2D eigenvalue weighted by Crippen LogP contribution is -2.40. The Balaban J connectivity index is 1.68. The number of nitrogens with zero attached hydrogens (tertiary/aromatic N) is 1. The van der Waals surface area contributed by atoms with Crippen LogP contribution in [0.25, 0.3) is 0 Å². The van der Waals surface area contributed by atoms with E-state index in [4.69, 9.17) is 5.11 Å². The monoisotopic (exact) mass is 290 g/mol. The van der Waals surface area contributed by atoms with Crippen LogP contribution in [0.2, 0.25) is 0 Å². The first-order valence-corrected chi connectivity index (χ1v) is 7.41. The fourth-order valence-electron chi connectivity index (χ4n) is 2.30. The molecule has 1 aromatic carbocycles. The minimum atomic E-state index is -0.815. The number of nitrogens with one attached hydrogen (secondary N) is 1. The molecular formula is C16H22N2O3. The maximum absolute atomic E-state index is 11.9. The number of benzene rings is 1. The Hall–Kier alpha value is -1.88. The summed E-state index contributed by atoms with van der Waals surface area (Å²) in [6.07, 6.45) is 3.03. The van der Waals surface area contributed by atoms with Crippen LogP contribution in [0.5, 0.6) is 0 Å². The summed E-state index contributed by atoms with van der Waals surface area (Å²) in [5, 5.41) is 11.6. The van der Waals surface area contributed by atoms with Crippen molar-refractivity contribution in [3.8, 4) is 0 Å². The number of carboxylic acid groups (broad SMARTS) is 1. The van der Waals surface area contributed by atoms with Crippen molar-refractivity contribution in [3.05, 3.63) is 35.9 Å². The molecule has 114 valence electrons. The Morgan fingerprint density at radius 3 is 2.57 bits per heavy atom. The molecule has 21 heavy (non-hydrogen) atoms. The predicted octanol–water partition coefficient (Wildman–Crippen LogP) is 1.28. The number of carbonyl (C=O) groups excluding carboxylic acids is 1. The van der Waals surface area contributed by atoms with Crippen molar-refractivity contribution < 1.29 is 14.7 Å². The fraction of sp³-hybridized carbons (Fsp3) is 0.500. The van der Waals surface area contributed by atoms with Gasteiger partial charge in [0, 0.05) is 19.1 Å². The Kier molecular flexibility index (Phi) is 5.75.